The first-order chi connectivity index (χ1) is 17.0. The van der Waals surface area contributed by atoms with Gasteiger partial charge in [-0.2, -0.15) is 0 Å². The average Bonchev–Trinajstić information content (AvgIpc) is 2.90. The summed E-state index contributed by atoms with van der Waals surface area (Å²) in [6.07, 6.45) is 2.64. The Kier molecular flexibility index (Phi) is 7.19. The van der Waals surface area contributed by atoms with Crippen LogP contribution in [0.1, 0.15) is 30.0 Å². The van der Waals surface area contributed by atoms with E-state index in [2.05, 4.69) is 5.32 Å². The normalized spacial score (nSPS) is 14.1. The molecule has 1 N–H and O–H groups in total. The minimum absolute atomic E-state index is 0.0535. The van der Waals surface area contributed by atoms with Gasteiger partial charge in [-0.1, -0.05) is 12.1 Å². The predicted molar refractivity (Wildman–Crippen MR) is 130 cm³/mol. The second kappa shape index (κ2) is 10.5. The molecule has 10 nitrogen and oxygen atoms in total. The van der Waals surface area contributed by atoms with Crippen LogP contribution < -0.4 is 26.0 Å². The summed E-state index contributed by atoms with van der Waals surface area (Å²) in [7, 11) is 3.06. The van der Waals surface area contributed by atoms with Gasteiger partial charge in [-0.3, -0.25) is 23.5 Å². The minimum Gasteiger partial charge on any atom is -0.493 e. The number of aromatic nitrogens is 2. The standard InChI is InChI=1S/C25H28N4O6/c1-34-22-6-4-18(12-23(22)35-2)14-28-24(32)20-11-17(13-26-15-30)3-5-21(20)29(25(28)33)19-7-9-27(16-31)10-8-19/h3-6,11-12,15-16,19H,7-10,13-14H2,1-2H3,(H,26,30). The Labute approximate surface area is 201 Å². The minimum atomic E-state index is -0.408. The van der Waals surface area contributed by atoms with Crippen molar-refractivity contribution in [3.8, 4) is 11.5 Å². The van der Waals surface area contributed by atoms with Crippen molar-refractivity contribution in [1.29, 1.82) is 0 Å². The van der Waals surface area contributed by atoms with E-state index in [0.29, 0.717) is 60.3 Å². The number of fused-ring (bicyclic) bond motifs is 1. The lowest BCUT2D eigenvalue weighted by atomic mass is 10.0. The fourth-order valence-corrected chi connectivity index (χ4v) is 4.60. The summed E-state index contributed by atoms with van der Waals surface area (Å²) in [5.41, 5.74) is 1.19. The molecule has 3 aromatic rings. The summed E-state index contributed by atoms with van der Waals surface area (Å²) >= 11 is 0. The fourth-order valence-electron chi connectivity index (χ4n) is 4.60. The van der Waals surface area contributed by atoms with Crippen molar-refractivity contribution >= 4 is 23.7 Å². The molecule has 1 saturated heterocycles. The number of nitrogens with zero attached hydrogens (tertiary/aromatic N) is 3. The Hall–Kier alpha value is -4.08. The van der Waals surface area contributed by atoms with Gasteiger partial charge in [0.05, 0.1) is 31.7 Å². The highest BCUT2D eigenvalue weighted by molar-refractivity contribution is 5.79. The third-order valence-corrected chi connectivity index (χ3v) is 6.42. The molecule has 1 aliphatic heterocycles. The summed E-state index contributed by atoms with van der Waals surface area (Å²) in [6.45, 7) is 1.40. The van der Waals surface area contributed by atoms with Gasteiger partial charge in [0.2, 0.25) is 12.8 Å². The maximum absolute atomic E-state index is 13.7. The highest BCUT2D eigenvalue weighted by Crippen LogP contribution is 2.28. The monoisotopic (exact) mass is 480 g/mol. The topological polar surface area (TPSA) is 112 Å². The van der Waals surface area contributed by atoms with Crippen molar-refractivity contribution in [3.63, 3.8) is 0 Å². The molecule has 10 heteroatoms. The van der Waals surface area contributed by atoms with E-state index in [0.717, 1.165) is 12.0 Å². The predicted octanol–water partition coefficient (Wildman–Crippen LogP) is 1.27. The van der Waals surface area contributed by atoms with Crippen LogP contribution >= 0.6 is 0 Å². The van der Waals surface area contributed by atoms with Gasteiger partial charge in [0.25, 0.3) is 5.56 Å². The van der Waals surface area contributed by atoms with Gasteiger partial charge in [-0.15, -0.1) is 0 Å². The number of hydrogen-bond acceptors (Lipinski definition) is 6. The quantitative estimate of drug-likeness (QED) is 0.462. The van der Waals surface area contributed by atoms with E-state index in [9.17, 15) is 19.2 Å². The van der Waals surface area contributed by atoms with Gasteiger partial charge >= 0.3 is 5.69 Å². The molecule has 2 amide bonds. The van der Waals surface area contributed by atoms with Crippen LogP contribution in [0.3, 0.4) is 0 Å². The number of amides is 2. The number of carbonyl (C=O) groups excluding carboxylic acids is 2. The number of carbonyl (C=O) groups is 2. The number of piperidine rings is 1. The highest BCUT2D eigenvalue weighted by Gasteiger charge is 2.24. The third-order valence-electron chi connectivity index (χ3n) is 6.42. The third kappa shape index (κ3) is 4.77. The lowest BCUT2D eigenvalue weighted by Crippen LogP contribution is -2.44. The number of methoxy groups -OCH3 is 2. The van der Waals surface area contributed by atoms with E-state index in [1.807, 2.05) is 0 Å². The van der Waals surface area contributed by atoms with E-state index < -0.39 is 11.2 Å². The summed E-state index contributed by atoms with van der Waals surface area (Å²) in [5, 5.41) is 3.00. The summed E-state index contributed by atoms with van der Waals surface area (Å²) in [4.78, 5) is 50.9. The van der Waals surface area contributed by atoms with Crippen molar-refractivity contribution < 1.29 is 19.1 Å². The molecule has 2 aromatic carbocycles. The Balaban J connectivity index is 1.86. The summed E-state index contributed by atoms with van der Waals surface area (Å²) < 4.78 is 13.6. The van der Waals surface area contributed by atoms with Gasteiger partial charge in [0, 0.05) is 25.7 Å². The molecule has 184 valence electrons. The molecule has 1 aromatic heterocycles. The smallest absolute Gasteiger partial charge is 0.332 e. The molecule has 0 aliphatic carbocycles. The molecule has 2 heterocycles. The molecular weight excluding hydrogens is 452 g/mol. The Bertz CT molecular complexity index is 1350. The number of benzene rings is 2. The van der Waals surface area contributed by atoms with Crippen molar-refractivity contribution in [2.24, 2.45) is 0 Å². The lowest BCUT2D eigenvalue weighted by Gasteiger charge is -2.31. The maximum Gasteiger partial charge on any atom is 0.332 e. The Morgan fingerprint density at radius 1 is 0.971 bits per heavy atom. The molecule has 35 heavy (non-hydrogen) atoms. The zero-order valence-electron chi connectivity index (χ0n) is 19.7. The van der Waals surface area contributed by atoms with Gasteiger partial charge in [-0.05, 0) is 48.2 Å². The van der Waals surface area contributed by atoms with Crippen LogP contribution in [0.2, 0.25) is 0 Å². The average molecular weight is 481 g/mol. The van der Waals surface area contributed by atoms with Crippen molar-refractivity contribution in [2.75, 3.05) is 27.3 Å². The fraction of sp³-hybridized carbons (Fsp3) is 0.360. The number of hydrogen-bond donors (Lipinski definition) is 1. The van der Waals surface area contributed by atoms with Crippen LogP contribution in [-0.2, 0) is 22.7 Å². The van der Waals surface area contributed by atoms with Crippen LogP contribution in [-0.4, -0.2) is 54.2 Å². The van der Waals surface area contributed by atoms with Crippen LogP contribution in [0.5, 0.6) is 11.5 Å². The van der Waals surface area contributed by atoms with Gasteiger partial charge in [0.1, 0.15) is 0 Å². The molecule has 4 rings (SSSR count). The van der Waals surface area contributed by atoms with E-state index in [-0.39, 0.29) is 19.1 Å². The van der Waals surface area contributed by atoms with E-state index >= 15 is 0 Å². The zero-order chi connectivity index (χ0) is 24.9. The zero-order valence-corrected chi connectivity index (χ0v) is 19.7. The first-order valence-corrected chi connectivity index (χ1v) is 11.4. The molecule has 1 fully saturated rings. The van der Waals surface area contributed by atoms with Crippen LogP contribution in [0.15, 0.2) is 46.0 Å². The van der Waals surface area contributed by atoms with Crippen molar-refractivity contribution in [1.82, 2.24) is 19.4 Å². The van der Waals surface area contributed by atoms with Crippen LogP contribution in [0, 0.1) is 0 Å². The van der Waals surface area contributed by atoms with Crippen LogP contribution in [0.25, 0.3) is 10.9 Å². The molecule has 0 radical (unpaired) electrons. The highest BCUT2D eigenvalue weighted by atomic mass is 16.5. The molecular formula is C25H28N4O6. The molecule has 0 unspecified atom stereocenters. The maximum atomic E-state index is 13.7. The first kappa shape index (κ1) is 24.1. The van der Waals surface area contributed by atoms with Crippen molar-refractivity contribution in [3.05, 3.63) is 68.4 Å². The molecule has 0 bridgehead atoms. The van der Waals surface area contributed by atoms with Crippen molar-refractivity contribution in [2.45, 2.75) is 32.0 Å². The van der Waals surface area contributed by atoms with Crippen LogP contribution in [0.4, 0.5) is 0 Å². The second-order valence-corrected chi connectivity index (χ2v) is 8.46. The number of ether oxygens (including phenoxy) is 2. The SMILES string of the molecule is COc1ccc(Cn2c(=O)c3cc(CNC=O)ccc3n(C3CCN(C=O)CC3)c2=O)cc1OC. The van der Waals surface area contributed by atoms with Gasteiger partial charge in [0.15, 0.2) is 11.5 Å². The molecule has 1 aliphatic rings. The number of rotatable bonds is 9. The van der Waals surface area contributed by atoms with Gasteiger partial charge in [-0.25, -0.2) is 4.79 Å². The molecule has 0 saturated carbocycles. The Morgan fingerprint density at radius 3 is 2.34 bits per heavy atom. The number of nitrogens with one attached hydrogen (secondary N) is 1. The summed E-state index contributed by atoms with van der Waals surface area (Å²) in [6, 6.07) is 10.4. The largest absolute Gasteiger partial charge is 0.493 e. The molecule has 0 spiro atoms. The Morgan fingerprint density at radius 2 is 1.69 bits per heavy atom. The molecule has 0 atom stereocenters. The summed E-state index contributed by atoms with van der Waals surface area (Å²) in [5.74, 6) is 1.05. The van der Waals surface area contributed by atoms with E-state index in [4.69, 9.17) is 9.47 Å². The first-order valence-electron chi connectivity index (χ1n) is 11.4. The lowest BCUT2D eigenvalue weighted by molar-refractivity contribution is -0.119. The second-order valence-electron chi connectivity index (χ2n) is 8.46. The van der Waals surface area contributed by atoms with Gasteiger partial charge < -0.3 is 19.7 Å². The van der Waals surface area contributed by atoms with E-state index in [1.54, 1.807) is 45.9 Å². The number of likely N-dealkylation sites (tertiary alicyclic amines) is 1. The van der Waals surface area contributed by atoms with E-state index in [1.165, 1.54) is 18.8 Å².